The lowest BCUT2D eigenvalue weighted by Gasteiger charge is -2.25. The highest BCUT2D eigenvalue weighted by Gasteiger charge is 2.38. The van der Waals surface area contributed by atoms with Gasteiger partial charge in [0.15, 0.2) is 17.3 Å². The Labute approximate surface area is 150 Å². The monoisotopic (exact) mass is 361 g/mol. The van der Waals surface area contributed by atoms with E-state index in [4.69, 9.17) is 21.1 Å². The Bertz CT molecular complexity index is 829. The number of aromatic nitrogens is 2. The lowest BCUT2D eigenvalue weighted by Crippen LogP contribution is -2.24. The van der Waals surface area contributed by atoms with Gasteiger partial charge in [0, 0.05) is 40.6 Å². The van der Waals surface area contributed by atoms with Crippen LogP contribution in [0.15, 0.2) is 12.1 Å². The molecule has 2 N–H and O–H groups in total. The molecule has 2 heterocycles. The first-order chi connectivity index (χ1) is 12.1. The van der Waals surface area contributed by atoms with E-state index in [1.165, 1.54) is 0 Å². The first kappa shape index (κ1) is 16.3. The van der Waals surface area contributed by atoms with Crippen LogP contribution in [-0.4, -0.2) is 29.8 Å². The summed E-state index contributed by atoms with van der Waals surface area (Å²) in [4.78, 5) is 12.2. The second-order valence-electron chi connectivity index (χ2n) is 6.44. The molecular weight excluding hydrogens is 342 g/mol. The molecule has 1 aromatic heterocycles. The minimum atomic E-state index is -0.143. The number of nitrogens with one attached hydrogen (secondary N) is 2. The molecule has 1 unspecified atom stereocenters. The number of ether oxygens (including phenoxy) is 2. The molecule has 6 nitrogen and oxygen atoms in total. The average Bonchev–Trinajstić information content (AvgIpc) is 3.35. The summed E-state index contributed by atoms with van der Waals surface area (Å²) >= 11 is 6.56. The number of halogens is 1. The van der Waals surface area contributed by atoms with Crippen LogP contribution in [0, 0.1) is 0 Å². The van der Waals surface area contributed by atoms with E-state index in [0.717, 1.165) is 29.7 Å². The van der Waals surface area contributed by atoms with Crippen LogP contribution in [0.4, 0.5) is 5.82 Å². The number of carbonyl (C=O) groups excluding carboxylic acids is 1. The summed E-state index contributed by atoms with van der Waals surface area (Å²) in [6.45, 7) is 2.43. The summed E-state index contributed by atoms with van der Waals surface area (Å²) in [5.41, 5.74) is 3.03. The largest absolute Gasteiger partial charge is 0.493 e. The maximum Gasteiger partial charge on any atom is 0.226 e. The number of hydrogen-bond acceptors (Lipinski definition) is 4. The van der Waals surface area contributed by atoms with Crippen LogP contribution < -0.4 is 14.8 Å². The van der Waals surface area contributed by atoms with Crippen molar-refractivity contribution in [1.82, 2.24) is 10.2 Å². The highest BCUT2D eigenvalue weighted by atomic mass is 35.5. The molecule has 1 aliphatic heterocycles. The third-order valence-electron chi connectivity index (χ3n) is 4.77. The number of carbonyl (C=O) groups is 1. The fourth-order valence-electron chi connectivity index (χ4n) is 3.48. The lowest BCUT2D eigenvalue weighted by atomic mass is 9.84. The predicted molar refractivity (Wildman–Crippen MR) is 94.8 cm³/mol. The zero-order valence-corrected chi connectivity index (χ0v) is 14.9. The number of H-pyrrole nitrogens is 1. The van der Waals surface area contributed by atoms with Crippen molar-refractivity contribution in [3.05, 3.63) is 34.0 Å². The van der Waals surface area contributed by atoms with Gasteiger partial charge in [-0.1, -0.05) is 11.6 Å². The first-order valence-corrected chi connectivity index (χ1v) is 8.88. The van der Waals surface area contributed by atoms with E-state index >= 15 is 0 Å². The van der Waals surface area contributed by atoms with Gasteiger partial charge < -0.3 is 14.8 Å². The van der Waals surface area contributed by atoms with Crippen LogP contribution in [0.3, 0.4) is 0 Å². The van der Waals surface area contributed by atoms with Crippen molar-refractivity contribution < 1.29 is 14.3 Å². The van der Waals surface area contributed by atoms with Crippen LogP contribution >= 0.6 is 11.6 Å². The normalized spacial score (nSPS) is 19.3. The lowest BCUT2D eigenvalue weighted by molar-refractivity contribution is -0.116. The van der Waals surface area contributed by atoms with Gasteiger partial charge >= 0.3 is 0 Å². The number of hydrogen-bond donors (Lipinski definition) is 2. The average molecular weight is 362 g/mol. The Morgan fingerprint density at radius 2 is 2.12 bits per heavy atom. The molecule has 1 amide bonds. The Morgan fingerprint density at radius 1 is 1.32 bits per heavy atom. The molecule has 132 valence electrons. The molecule has 0 saturated heterocycles. The number of anilines is 1. The van der Waals surface area contributed by atoms with Gasteiger partial charge in [0.05, 0.1) is 13.7 Å². The molecule has 7 heteroatoms. The molecule has 1 aliphatic carbocycles. The molecule has 2 aromatic rings. The third-order valence-corrected chi connectivity index (χ3v) is 5.10. The van der Waals surface area contributed by atoms with Crippen LogP contribution in [0.5, 0.6) is 11.5 Å². The number of fused-ring (bicyclic) bond motifs is 1. The molecular formula is C18H20ClN3O3. The second kappa shape index (κ2) is 6.26. The number of amides is 1. The number of aromatic amines is 1. The van der Waals surface area contributed by atoms with Gasteiger partial charge in [0.2, 0.25) is 5.91 Å². The van der Waals surface area contributed by atoms with E-state index in [2.05, 4.69) is 15.5 Å². The van der Waals surface area contributed by atoms with E-state index in [9.17, 15) is 4.79 Å². The smallest absolute Gasteiger partial charge is 0.226 e. The van der Waals surface area contributed by atoms with Gasteiger partial charge in [0.1, 0.15) is 0 Å². The van der Waals surface area contributed by atoms with Crippen molar-refractivity contribution in [2.24, 2.45) is 0 Å². The number of methoxy groups -OCH3 is 1. The van der Waals surface area contributed by atoms with Crippen LogP contribution in [0.2, 0.25) is 5.02 Å². The van der Waals surface area contributed by atoms with Crippen molar-refractivity contribution in [3.8, 4) is 11.5 Å². The molecule has 1 atom stereocenters. The van der Waals surface area contributed by atoms with Crippen molar-refractivity contribution in [2.75, 3.05) is 19.0 Å². The fraction of sp³-hybridized carbons (Fsp3) is 0.444. The third kappa shape index (κ3) is 2.84. The SMILES string of the molecule is CCOc1cc(Cl)c(C2CC(=O)Nc3n[nH]c(C4CC4)c32)cc1OC. The topological polar surface area (TPSA) is 76.2 Å². The maximum atomic E-state index is 12.2. The Balaban J connectivity index is 1.82. The van der Waals surface area contributed by atoms with Gasteiger partial charge in [-0.25, -0.2) is 0 Å². The molecule has 1 aromatic carbocycles. The van der Waals surface area contributed by atoms with Gasteiger partial charge in [-0.05, 0) is 31.4 Å². The number of rotatable bonds is 5. The minimum Gasteiger partial charge on any atom is -0.493 e. The van der Waals surface area contributed by atoms with Gasteiger partial charge in [-0.15, -0.1) is 0 Å². The van der Waals surface area contributed by atoms with E-state index < -0.39 is 0 Å². The van der Waals surface area contributed by atoms with Crippen LogP contribution in [0.25, 0.3) is 0 Å². The summed E-state index contributed by atoms with van der Waals surface area (Å²) in [7, 11) is 1.60. The zero-order valence-electron chi connectivity index (χ0n) is 14.2. The highest BCUT2D eigenvalue weighted by Crippen LogP contribution is 2.49. The van der Waals surface area contributed by atoms with Crippen molar-refractivity contribution in [3.63, 3.8) is 0 Å². The Kier molecular flexibility index (Phi) is 4.07. The molecule has 0 radical (unpaired) electrons. The summed E-state index contributed by atoms with van der Waals surface area (Å²) in [5.74, 6) is 2.13. The van der Waals surface area contributed by atoms with Gasteiger partial charge in [0.25, 0.3) is 0 Å². The number of benzene rings is 1. The van der Waals surface area contributed by atoms with Crippen LogP contribution in [0.1, 0.15) is 54.8 Å². The molecule has 1 fully saturated rings. The molecule has 0 spiro atoms. The summed E-state index contributed by atoms with van der Waals surface area (Å²) in [5, 5.41) is 10.9. The Hall–Kier alpha value is -2.21. The zero-order chi connectivity index (χ0) is 17.6. The van der Waals surface area contributed by atoms with Gasteiger partial charge in [-0.3, -0.25) is 9.89 Å². The van der Waals surface area contributed by atoms with E-state index in [1.807, 2.05) is 13.0 Å². The molecule has 25 heavy (non-hydrogen) atoms. The summed E-state index contributed by atoms with van der Waals surface area (Å²) in [6, 6.07) is 3.65. The quantitative estimate of drug-likeness (QED) is 0.848. The van der Waals surface area contributed by atoms with Crippen molar-refractivity contribution in [2.45, 2.75) is 38.0 Å². The second-order valence-corrected chi connectivity index (χ2v) is 6.84. The first-order valence-electron chi connectivity index (χ1n) is 8.50. The highest BCUT2D eigenvalue weighted by molar-refractivity contribution is 6.31. The van der Waals surface area contributed by atoms with E-state index in [1.54, 1.807) is 13.2 Å². The van der Waals surface area contributed by atoms with E-state index in [0.29, 0.717) is 41.3 Å². The fourth-order valence-corrected chi connectivity index (χ4v) is 3.76. The molecule has 0 bridgehead atoms. The molecule has 1 saturated carbocycles. The predicted octanol–water partition coefficient (Wildman–Crippen LogP) is 3.82. The van der Waals surface area contributed by atoms with Crippen LogP contribution in [-0.2, 0) is 4.79 Å². The maximum absolute atomic E-state index is 12.2. The van der Waals surface area contributed by atoms with Crippen molar-refractivity contribution >= 4 is 23.3 Å². The number of nitrogens with zero attached hydrogens (tertiary/aromatic N) is 1. The standard InChI is InChI=1S/C18H20ClN3O3/c1-3-25-14-8-12(19)10(6-13(14)24-2)11-7-15(23)20-18-16(11)17(21-22-18)9-4-5-9/h6,8-9,11H,3-5,7H2,1-2H3,(H2,20,21,22,23). The summed E-state index contributed by atoms with van der Waals surface area (Å²) < 4.78 is 11.1. The molecule has 2 aliphatic rings. The summed E-state index contributed by atoms with van der Waals surface area (Å²) in [6.07, 6.45) is 2.63. The minimum absolute atomic E-state index is 0.0599. The molecule has 4 rings (SSSR count). The van der Waals surface area contributed by atoms with E-state index in [-0.39, 0.29) is 11.8 Å². The Morgan fingerprint density at radius 3 is 2.80 bits per heavy atom. The van der Waals surface area contributed by atoms with Crippen molar-refractivity contribution in [1.29, 1.82) is 0 Å². The van der Waals surface area contributed by atoms with Gasteiger partial charge in [-0.2, -0.15) is 5.10 Å².